The van der Waals surface area contributed by atoms with Gasteiger partial charge in [-0.25, -0.2) is 0 Å². The minimum absolute atomic E-state index is 0.0581. The van der Waals surface area contributed by atoms with E-state index in [-0.39, 0.29) is 12.4 Å². The van der Waals surface area contributed by atoms with E-state index in [0.29, 0.717) is 16.8 Å². The number of hydrogen-bond acceptors (Lipinski definition) is 5. The highest BCUT2D eigenvalue weighted by Gasteiger charge is 2.20. The standard InChI is InChI=1S/C25H28N4O2/c1-19-25(31)24(21(18-30)15-26-19)16-27-22-7-9-23(10-8-22)29-13-11-28(12-14-29)17-20-5-3-2-4-6-20/h2-10,15-16,30-31H,11-14,17-18H2,1H3/p+1. The third kappa shape index (κ3) is 5.10. The number of hydrogen-bond donors (Lipinski definition) is 3. The number of nitrogens with one attached hydrogen (secondary N) is 1. The topological polar surface area (TPSA) is 73.4 Å². The van der Waals surface area contributed by atoms with Gasteiger partial charge in [0.05, 0.1) is 44.2 Å². The van der Waals surface area contributed by atoms with Gasteiger partial charge in [-0.1, -0.05) is 30.3 Å². The molecule has 0 atom stereocenters. The molecule has 3 aromatic rings. The molecule has 6 nitrogen and oxygen atoms in total. The van der Waals surface area contributed by atoms with Crippen LogP contribution in [0.3, 0.4) is 0 Å². The van der Waals surface area contributed by atoms with E-state index in [4.69, 9.17) is 0 Å². The Balaban J connectivity index is 1.37. The lowest BCUT2D eigenvalue weighted by molar-refractivity contribution is -0.914. The van der Waals surface area contributed by atoms with Crippen LogP contribution in [0.15, 0.2) is 65.8 Å². The first-order valence-corrected chi connectivity index (χ1v) is 10.7. The molecule has 3 N–H and O–H groups in total. The fourth-order valence-electron chi connectivity index (χ4n) is 3.95. The number of rotatable bonds is 6. The van der Waals surface area contributed by atoms with Crippen LogP contribution in [0, 0.1) is 6.92 Å². The van der Waals surface area contributed by atoms with Gasteiger partial charge >= 0.3 is 0 Å². The number of aliphatic hydroxyl groups is 1. The number of aliphatic imine (C=N–C) groups is 1. The number of aromatic hydroxyl groups is 1. The Morgan fingerprint density at radius 1 is 1.06 bits per heavy atom. The van der Waals surface area contributed by atoms with Crippen LogP contribution in [0.2, 0.25) is 0 Å². The molecular weight excluding hydrogens is 388 g/mol. The van der Waals surface area contributed by atoms with Crippen LogP contribution in [0.5, 0.6) is 5.75 Å². The molecule has 1 saturated heterocycles. The van der Waals surface area contributed by atoms with Gasteiger partial charge in [0.2, 0.25) is 0 Å². The second-order valence-electron chi connectivity index (χ2n) is 7.96. The zero-order valence-corrected chi connectivity index (χ0v) is 17.8. The molecule has 2 heterocycles. The molecule has 0 spiro atoms. The van der Waals surface area contributed by atoms with E-state index in [1.165, 1.54) is 11.3 Å². The normalized spacial score (nSPS) is 15.0. The van der Waals surface area contributed by atoms with E-state index >= 15 is 0 Å². The van der Waals surface area contributed by atoms with E-state index in [1.807, 2.05) is 12.1 Å². The van der Waals surface area contributed by atoms with Gasteiger partial charge in [-0.3, -0.25) is 9.98 Å². The van der Waals surface area contributed by atoms with E-state index in [1.54, 1.807) is 24.2 Å². The quantitative estimate of drug-likeness (QED) is 0.538. The molecule has 0 aliphatic carbocycles. The van der Waals surface area contributed by atoms with Crippen molar-refractivity contribution in [1.82, 2.24) is 4.98 Å². The van der Waals surface area contributed by atoms with Gasteiger partial charge in [-0.2, -0.15) is 0 Å². The summed E-state index contributed by atoms with van der Waals surface area (Å²) in [6.07, 6.45) is 3.16. The van der Waals surface area contributed by atoms with E-state index in [2.05, 4.69) is 57.3 Å². The Hall–Kier alpha value is -3.22. The number of pyridine rings is 1. The maximum absolute atomic E-state index is 10.2. The van der Waals surface area contributed by atoms with Crippen LogP contribution in [0.4, 0.5) is 11.4 Å². The van der Waals surface area contributed by atoms with E-state index in [9.17, 15) is 10.2 Å². The summed E-state index contributed by atoms with van der Waals surface area (Å²) in [7, 11) is 0. The Labute approximate surface area is 183 Å². The lowest BCUT2D eigenvalue weighted by atomic mass is 10.1. The molecule has 160 valence electrons. The predicted molar refractivity (Wildman–Crippen MR) is 123 cm³/mol. The fourth-order valence-corrected chi connectivity index (χ4v) is 3.95. The van der Waals surface area contributed by atoms with Gasteiger partial charge in [-0.05, 0) is 31.2 Å². The number of aromatic nitrogens is 1. The van der Waals surface area contributed by atoms with Crippen molar-refractivity contribution in [3.05, 3.63) is 83.2 Å². The molecule has 4 rings (SSSR count). The first-order valence-electron chi connectivity index (χ1n) is 10.7. The van der Waals surface area contributed by atoms with Gasteiger partial charge in [0.1, 0.15) is 12.3 Å². The summed E-state index contributed by atoms with van der Waals surface area (Å²) < 4.78 is 0. The molecule has 0 amide bonds. The molecule has 0 saturated carbocycles. The Bertz CT molecular complexity index is 1030. The van der Waals surface area contributed by atoms with Crippen molar-refractivity contribution in [3.8, 4) is 5.75 Å². The average Bonchev–Trinajstić information content (AvgIpc) is 2.81. The number of piperazine rings is 1. The summed E-state index contributed by atoms with van der Waals surface area (Å²) in [6.45, 7) is 6.94. The molecule has 6 heteroatoms. The molecule has 0 bridgehead atoms. The van der Waals surface area contributed by atoms with Gasteiger partial charge in [0, 0.05) is 34.8 Å². The molecule has 1 aromatic heterocycles. The highest BCUT2D eigenvalue weighted by atomic mass is 16.3. The monoisotopic (exact) mass is 417 g/mol. The Kier molecular flexibility index (Phi) is 6.60. The second kappa shape index (κ2) is 9.73. The lowest BCUT2D eigenvalue weighted by Gasteiger charge is -2.33. The Morgan fingerprint density at radius 3 is 2.45 bits per heavy atom. The highest BCUT2D eigenvalue weighted by Crippen LogP contribution is 2.24. The fraction of sp³-hybridized carbons (Fsp3) is 0.280. The highest BCUT2D eigenvalue weighted by molar-refractivity contribution is 5.87. The zero-order valence-electron chi connectivity index (χ0n) is 17.8. The van der Waals surface area contributed by atoms with Crippen LogP contribution in [-0.2, 0) is 13.2 Å². The van der Waals surface area contributed by atoms with Crippen LogP contribution >= 0.6 is 0 Å². The van der Waals surface area contributed by atoms with Gasteiger partial charge in [0.15, 0.2) is 0 Å². The molecule has 2 aromatic carbocycles. The number of quaternary nitrogens is 1. The largest absolute Gasteiger partial charge is 0.505 e. The smallest absolute Gasteiger partial charge is 0.145 e. The van der Waals surface area contributed by atoms with Gasteiger partial charge < -0.3 is 20.0 Å². The first kappa shape index (κ1) is 21.0. The summed E-state index contributed by atoms with van der Waals surface area (Å²) in [6, 6.07) is 18.9. The second-order valence-corrected chi connectivity index (χ2v) is 7.96. The minimum atomic E-state index is -0.195. The van der Waals surface area contributed by atoms with Crippen LogP contribution in [0.25, 0.3) is 0 Å². The number of benzene rings is 2. The zero-order chi connectivity index (χ0) is 21.6. The number of aryl methyl sites for hydroxylation is 1. The van der Waals surface area contributed by atoms with Gasteiger partial charge in [-0.15, -0.1) is 0 Å². The predicted octanol–water partition coefficient (Wildman–Crippen LogP) is 2.24. The average molecular weight is 418 g/mol. The molecule has 1 fully saturated rings. The first-order chi connectivity index (χ1) is 15.1. The van der Waals surface area contributed by atoms with Crippen LogP contribution in [0.1, 0.15) is 22.4 Å². The summed E-state index contributed by atoms with van der Waals surface area (Å²) in [5.74, 6) is 0.0581. The van der Waals surface area contributed by atoms with E-state index in [0.717, 1.165) is 38.4 Å². The summed E-state index contributed by atoms with van der Waals surface area (Å²) >= 11 is 0. The SMILES string of the molecule is Cc1ncc(CO)c(C=Nc2ccc(N3CC[NH+](Cc4ccccc4)CC3)cc2)c1O. The van der Waals surface area contributed by atoms with Gasteiger partial charge in [0.25, 0.3) is 0 Å². The molecule has 1 aliphatic rings. The van der Waals surface area contributed by atoms with Crippen LogP contribution < -0.4 is 9.80 Å². The molecule has 31 heavy (non-hydrogen) atoms. The summed E-state index contributed by atoms with van der Waals surface area (Å²) in [5, 5.41) is 19.7. The van der Waals surface area contributed by atoms with Crippen molar-refractivity contribution in [2.45, 2.75) is 20.1 Å². The number of nitrogens with zero attached hydrogens (tertiary/aromatic N) is 3. The van der Waals surface area contributed by atoms with Crippen molar-refractivity contribution in [2.75, 3.05) is 31.1 Å². The Morgan fingerprint density at radius 2 is 1.77 bits per heavy atom. The molecule has 1 aliphatic heterocycles. The third-order valence-electron chi connectivity index (χ3n) is 5.85. The summed E-state index contributed by atoms with van der Waals surface area (Å²) in [5.41, 5.74) is 4.98. The third-order valence-corrected chi connectivity index (χ3v) is 5.85. The molecule has 0 radical (unpaired) electrons. The minimum Gasteiger partial charge on any atom is -0.505 e. The number of aliphatic hydroxyl groups excluding tert-OH is 1. The molecule has 0 unspecified atom stereocenters. The van der Waals surface area contributed by atoms with Crippen molar-refractivity contribution < 1.29 is 15.1 Å². The maximum atomic E-state index is 10.2. The summed E-state index contributed by atoms with van der Waals surface area (Å²) in [4.78, 5) is 12.6. The lowest BCUT2D eigenvalue weighted by Crippen LogP contribution is -3.13. The number of anilines is 1. The van der Waals surface area contributed by atoms with Crippen molar-refractivity contribution in [2.24, 2.45) is 4.99 Å². The maximum Gasteiger partial charge on any atom is 0.145 e. The van der Waals surface area contributed by atoms with Crippen LogP contribution in [-0.4, -0.2) is 47.6 Å². The van der Waals surface area contributed by atoms with Crippen molar-refractivity contribution in [1.29, 1.82) is 0 Å². The van der Waals surface area contributed by atoms with Crippen molar-refractivity contribution in [3.63, 3.8) is 0 Å². The molecular formula is C25H29N4O2+. The van der Waals surface area contributed by atoms with E-state index < -0.39 is 0 Å². The van der Waals surface area contributed by atoms with Crippen molar-refractivity contribution >= 4 is 17.6 Å².